The highest BCUT2D eigenvalue weighted by Crippen LogP contribution is 2.10. The molecule has 1 saturated heterocycles. The minimum Gasteiger partial charge on any atom is -0.379 e. The van der Waals surface area contributed by atoms with Gasteiger partial charge in [0.1, 0.15) is 6.10 Å². The van der Waals surface area contributed by atoms with Crippen LogP contribution < -0.4 is 0 Å². The molecule has 5 nitrogen and oxygen atoms in total. The molecule has 1 fully saturated rings. The summed E-state index contributed by atoms with van der Waals surface area (Å²) in [5, 5.41) is 0. The summed E-state index contributed by atoms with van der Waals surface area (Å²) in [5.74, 6) is -0.0220. The van der Waals surface area contributed by atoms with E-state index in [0.717, 1.165) is 13.1 Å². The molecule has 0 aromatic carbocycles. The lowest BCUT2D eigenvalue weighted by atomic mass is 10.2. The molecule has 1 heterocycles. The smallest absolute Gasteiger partial charge is 0.204 e. The molecule has 0 aromatic heterocycles. The van der Waals surface area contributed by atoms with E-state index in [1.165, 1.54) is 7.11 Å². The van der Waals surface area contributed by atoms with Crippen LogP contribution in [0.2, 0.25) is 0 Å². The third-order valence-corrected chi connectivity index (χ3v) is 2.70. The van der Waals surface area contributed by atoms with Crippen LogP contribution >= 0.6 is 0 Å². The Morgan fingerprint density at radius 1 is 1.44 bits per heavy atom. The topological polar surface area (TPSA) is 48.0 Å². The van der Waals surface area contributed by atoms with Crippen LogP contribution in [0.3, 0.4) is 0 Å². The van der Waals surface area contributed by atoms with E-state index in [-0.39, 0.29) is 5.78 Å². The summed E-state index contributed by atoms with van der Waals surface area (Å²) in [6.45, 7) is 6.91. The van der Waals surface area contributed by atoms with Gasteiger partial charge in [0.25, 0.3) is 0 Å². The van der Waals surface area contributed by atoms with Gasteiger partial charge in [0.2, 0.25) is 5.78 Å². The van der Waals surface area contributed by atoms with Crippen molar-refractivity contribution in [2.24, 2.45) is 0 Å². The maximum Gasteiger partial charge on any atom is 0.204 e. The Morgan fingerprint density at radius 2 is 2.06 bits per heavy atom. The van der Waals surface area contributed by atoms with E-state index in [9.17, 15) is 4.79 Å². The number of carbonyl (C=O) groups excluding carboxylic acids is 1. The fourth-order valence-corrected chi connectivity index (χ4v) is 1.65. The van der Waals surface area contributed by atoms with E-state index >= 15 is 0 Å². The van der Waals surface area contributed by atoms with Crippen molar-refractivity contribution in [3.8, 4) is 0 Å². The molecular weight excluding hydrogens is 210 g/mol. The molecule has 2 atom stereocenters. The molecule has 94 valence electrons. The van der Waals surface area contributed by atoms with Gasteiger partial charge in [0, 0.05) is 26.8 Å². The molecule has 1 aliphatic rings. The van der Waals surface area contributed by atoms with E-state index in [4.69, 9.17) is 14.2 Å². The van der Waals surface area contributed by atoms with Crippen LogP contribution in [-0.2, 0) is 19.0 Å². The second-order valence-electron chi connectivity index (χ2n) is 3.74. The SMILES string of the molecule is CCOC(C(=O)[C@H](C)OC)N1CCOCC1. The zero-order valence-corrected chi connectivity index (χ0v) is 10.3. The predicted molar refractivity (Wildman–Crippen MR) is 59.3 cm³/mol. The minimum atomic E-state index is -0.496. The molecule has 16 heavy (non-hydrogen) atoms. The van der Waals surface area contributed by atoms with Gasteiger partial charge in [-0.1, -0.05) is 0 Å². The highest BCUT2D eigenvalue weighted by molar-refractivity contribution is 5.86. The fourth-order valence-electron chi connectivity index (χ4n) is 1.65. The van der Waals surface area contributed by atoms with Crippen LogP contribution in [0.25, 0.3) is 0 Å². The number of ether oxygens (including phenoxy) is 3. The summed E-state index contributed by atoms with van der Waals surface area (Å²) in [7, 11) is 1.53. The van der Waals surface area contributed by atoms with Crippen molar-refractivity contribution in [2.75, 3.05) is 40.0 Å². The average Bonchev–Trinajstić information content (AvgIpc) is 2.35. The molecule has 1 aliphatic heterocycles. The number of methoxy groups -OCH3 is 1. The lowest BCUT2D eigenvalue weighted by Crippen LogP contribution is -2.51. The molecule has 0 bridgehead atoms. The standard InChI is InChI=1S/C11H21NO4/c1-4-16-11(10(13)9(2)14-3)12-5-7-15-8-6-12/h9,11H,4-8H2,1-3H3/t9-,11?/m0/s1. The summed E-state index contributed by atoms with van der Waals surface area (Å²) in [6, 6.07) is 0. The van der Waals surface area contributed by atoms with Crippen LogP contribution in [-0.4, -0.2) is 63.0 Å². The minimum absolute atomic E-state index is 0.0220. The van der Waals surface area contributed by atoms with Crippen molar-refractivity contribution in [1.82, 2.24) is 4.90 Å². The molecular formula is C11H21NO4. The van der Waals surface area contributed by atoms with Crippen molar-refractivity contribution < 1.29 is 19.0 Å². The van der Waals surface area contributed by atoms with E-state index in [2.05, 4.69) is 0 Å². The van der Waals surface area contributed by atoms with Gasteiger partial charge in [-0.2, -0.15) is 0 Å². The number of hydrogen-bond donors (Lipinski definition) is 0. The molecule has 1 rings (SSSR count). The molecule has 0 amide bonds. The summed E-state index contributed by atoms with van der Waals surface area (Å²) in [4.78, 5) is 14.0. The first-order chi connectivity index (χ1) is 7.70. The zero-order chi connectivity index (χ0) is 12.0. The average molecular weight is 231 g/mol. The molecule has 0 saturated carbocycles. The summed E-state index contributed by atoms with van der Waals surface area (Å²) in [5.41, 5.74) is 0. The van der Waals surface area contributed by atoms with Crippen LogP contribution in [0.5, 0.6) is 0 Å². The van der Waals surface area contributed by atoms with Gasteiger partial charge in [-0.25, -0.2) is 0 Å². The highest BCUT2D eigenvalue weighted by atomic mass is 16.5. The Balaban J connectivity index is 2.60. The largest absolute Gasteiger partial charge is 0.379 e. The number of carbonyl (C=O) groups is 1. The number of ketones is 1. The van der Waals surface area contributed by atoms with Crippen molar-refractivity contribution in [3.63, 3.8) is 0 Å². The molecule has 5 heteroatoms. The third-order valence-electron chi connectivity index (χ3n) is 2.70. The van der Waals surface area contributed by atoms with Gasteiger partial charge < -0.3 is 14.2 Å². The molecule has 0 aliphatic carbocycles. The van der Waals surface area contributed by atoms with Crippen LogP contribution in [0.4, 0.5) is 0 Å². The quantitative estimate of drug-likeness (QED) is 0.657. The van der Waals surface area contributed by atoms with Crippen molar-refractivity contribution >= 4 is 5.78 Å². The maximum atomic E-state index is 12.0. The van der Waals surface area contributed by atoms with Gasteiger partial charge in [-0.3, -0.25) is 9.69 Å². The van der Waals surface area contributed by atoms with Crippen molar-refractivity contribution in [1.29, 1.82) is 0 Å². The Labute approximate surface area is 96.6 Å². The number of nitrogens with zero attached hydrogens (tertiary/aromatic N) is 1. The molecule has 0 N–H and O–H groups in total. The highest BCUT2D eigenvalue weighted by Gasteiger charge is 2.30. The summed E-state index contributed by atoms with van der Waals surface area (Å²) >= 11 is 0. The van der Waals surface area contributed by atoms with Crippen LogP contribution in [0.15, 0.2) is 0 Å². The first kappa shape index (κ1) is 13.6. The third kappa shape index (κ3) is 3.52. The Bertz CT molecular complexity index is 216. The predicted octanol–water partition coefficient (Wildman–Crippen LogP) is 0.285. The molecule has 0 aromatic rings. The van der Waals surface area contributed by atoms with Gasteiger partial charge >= 0.3 is 0 Å². The second kappa shape index (κ2) is 6.96. The lowest BCUT2D eigenvalue weighted by molar-refractivity contribution is -0.158. The summed E-state index contributed by atoms with van der Waals surface area (Å²) in [6.07, 6.45) is -0.928. The van der Waals surface area contributed by atoms with Gasteiger partial charge in [0.15, 0.2) is 6.23 Å². The fraction of sp³-hybridized carbons (Fsp3) is 0.909. The van der Waals surface area contributed by atoms with E-state index < -0.39 is 12.3 Å². The molecule has 0 radical (unpaired) electrons. The monoisotopic (exact) mass is 231 g/mol. The Morgan fingerprint density at radius 3 is 2.56 bits per heavy atom. The number of Topliss-reactive ketones (excluding diaryl/α,β-unsaturated/α-hetero) is 1. The first-order valence-corrected chi connectivity index (χ1v) is 5.70. The molecule has 1 unspecified atom stereocenters. The van der Waals surface area contributed by atoms with Gasteiger partial charge in [0.05, 0.1) is 13.2 Å². The van der Waals surface area contributed by atoms with Gasteiger partial charge in [-0.05, 0) is 13.8 Å². The Kier molecular flexibility index (Phi) is 5.90. The Hall–Kier alpha value is -0.490. The maximum absolute atomic E-state index is 12.0. The normalized spacial score (nSPS) is 21.7. The van der Waals surface area contributed by atoms with Gasteiger partial charge in [-0.15, -0.1) is 0 Å². The first-order valence-electron chi connectivity index (χ1n) is 5.70. The second-order valence-corrected chi connectivity index (χ2v) is 3.74. The molecule has 0 spiro atoms. The summed E-state index contributed by atoms with van der Waals surface area (Å²) < 4.78 is 15.8. The van der Waals surface area contributed by atoms with E-state index in [1.54, 1.807) is 6.92 Å². The van der Waals surface area contributed by atoms with Crippen LogP contribution in [0.1, 0.15) is 13.8 Å². The zero-order valence-electron chi connectivity index (χ0n) is 10.3. The number of rotatable bonds is 6. The van der Waals surface area contributed by atoms with E-state index in [0.29, 0.717) is 19.8 Å². The van der Waals surface area contributed by atoms with Crippen molar-refractivity contribution in [2.45, 2.75) is 26.2 Å². The number of hydrogen-bond acceptors (Lipinski definition) is 5. The van der Waals surface area contributed by atoms with Crippen LogP contribution in [0, 0.1) is 0 Å². The lowest BCUT2D eigenvalue weighted by Gasteiger charge is -2.33. The number of morpholine rings is 1. The van der Waals surface area contributed by atoms with E-state index in [1.807, 2.05) is 11.8 Å². The van der Waals surface area contributed by atoms with Crippen molar-refractivity contribution in [3.05, 3.63) is 0 Å².